The summed E-state index contributed by atoms with van der Waals surface area (Å²) < 4.78 is 4.34. The van der Waals surface area contributed by atoms with Crippen molar-refractivity contribution in [2.75, 3.05) is 0 Å². The third-order valence-corrected chi connectivity index (χ3v) is 1.16. The van der Waals surface area contributed by atoms with Crippen molar-refractivity contribution >= 4 is 11.9 Å². The van der Waals surface area contributed by atoms with E-state index in [0.29, 0.717) is 0 Å². The van der Waals surface area contributed by atoms with Crippen molar-refractivity contribution in [1.82, 2.24) is 9.97 Å². The predicted molar refractivity (Wildman–Crippen MR) is 39.6 cm³/mol. The lowest BCUT2D eigenvalue weighted by Gasteiger charge is -1.93. The molecular formula is C5H6N4O4. The molecule has 3 N–H and O–H groups in total. The number of nitrogens with one attached hydrogen (secondary N) is 1. The molecule has 0 saturated carbocycles. The Balaban J connectivity index is 2.59. The van der Waals surface area contributed by atoms with Gasteiger partial charge in [0.1, 0.15) is 6.20 Å². The van der Waals surface area contributed by atoms with E-state index in [4.69, 9.17) is 0 Å². The Labute approximate surface area is 71.9 Å². The highest BCUT2D eigenvalue weighted by molar-refractivity contribution is 5.64. The Kier molecular flexibility index (Phi) is 2.43. The summed E-state index contributed by atoms with van der Waals surface area (Å²) in [7, 11) is 0. The second-order valence-corrected chi connectivity index (χ2v) is 2.08. The van der Waals surface area contributed by atoms with Gasteiger partial charge in [0.05, 0.1) is 0 Å². The first-order valence-electron chi connectivity index (χ1n) is 3.20. The first-order valence-corrected chi connectivity index (χ1v) is 3.20. The maximum atomic E-state index is 10.2. The van der Waals surface area contributed by atoms with Gasteiger partial charge in [0.2, 0.25) is 5.82 Å². The third kappa shape index (κ3) is 2.43. The number of nitrogens with zero attached hydrogens (tertiary/aromatic N) is 2. The molecule has 13 heavy (non-hydrogen) atoms. The zero-order chi connectivity index (χ0) is 9.84. The number of H-pyrrole nitrogens is 1. The molecule has 0 bridgehead atoms. The Bertz CT molecular complexity index is 333. The Morgan fingerprint density at radius 3 is 3.00 bits per heavy atom. The van der Waals surface area contributed by atoms with Crippen LogP contribution < -0.4 is 5.73 Å². The first-order chi connectivity index (χ1) is 6.09. The topological polar surface area (TPSA) is 124 Å². The lowest BCUT2D eigenvalue weighted by Crippen LogP contribution is -2.13. The van der Waals surface area contributed by atoms with Crippen LogP contribution in [0.5, 0.6) is 0 Å². The lowest BCUT2D eigenvalue weighted by molar-refractivity contribution is -0.389. The van der Waals surface area contributed by atoms with Crippen LogP contribution in [0.4, 0.5) is 10.6 Å². The number of carbonyl (C=O) groups excluding carboxylic acids is 1. The number of carbonyl (C=O) groups is 1. The van der Waals surface area contributed by atoms with Crippen LogP contribution in [0.25, 0.3) is 0 Å². The van der Waals surface area contributed by atoms with Gasteiger partial charge < -0.3 is 20.6 Å². The summed E-state index contributed by atoms with van der Waals surface area (Å²) in [5, 5.41) is 10.2. The van der Waals surface area contributed by atoms with Crippen LogP contribution in [0.1, 0.15) is 5.82 Å². The van der Waals surface area contributed by atoms with Gasteiger partial charge in [-0.2, -0.15) is 0 Å². The molecule has 0 spiro atoms. The van der Waals surface area contributed by atoms with Crippen LogP contribution >= 0.6 is 0 Å². The monoisotopic (exact) mass is 186 g/mol. The SMILES string of the molecule is NC(=O)OCc1ncc([N+](=O)[O-])[nH]1. The summed E-state index contributed by atoms with van der Waals surface area (Å²) in [5.74, 6) is -0.0893. The number of hydrogen-bond donors (Lipinski definition) is 2. The summed E-state index contributed by atoms with van der Waals surface area (Å²) in [4.78, 5) is 25.6. The van der Waals surface area contributed by atoms with Crippen molar-refractivity contribution in [3.05, 3.63) is 22.1 Å². The molecule has 0 saturated heterocycles. The number of nitro groups is 1. The fourth-order valence-corrected chi connectivity index (χ4v) is 0.657. The molecular weight excluding hydrogens is 180 g/mol. The van der Waals surface area contributed by atoms with Gasteiger partial charge in [0.25, 0.3) is 0 Å². The smallest absolute Gasteiger partial charge is 0.405 e. The standard InChI is InChI=1S/C5H6N4O4/c6-5(10)13-2-3-7-1-4(8-3)9(11)12/h1H,2H2,(H2,6,10)(H,7,8). The molecule has 0 fully saturated rings. The van der Waals surface area contributed by atoms with Crippen LogP contribution in [0.2, 0.25) is 0 Å². The molecule has 1 heterocycles. The van der Waals surface area contributed by atoms with Gasteiger partial charge in [-0.25, -0.2) is 14.8 Å². The molecule has 70 valence electrons. The van der Waals surface area contributed by atoms with E-state index in [2.05, 4.69) is 20.4 Å². The summed E-state index contributed by atoms with van der Waals surface area (Å²) in [5.41, 5.74) is 4.67. The molecule has 0 aliphatic carbocycles. The predicted octanol–water partition coefficient (Wildman–Crippen LogP) is -0.0868. The minimum atomic E-state index is -0.959. The average molecular weight is 186 g/mol. The third-order valence-electron chi connectivity index (χ3n) is 1.16. The van der Waals surface area contributed by atoms with Crippen molar-refractivity contribution in [1.29, 1.82) is 0 Å². The maximum Gasteiger partial charge on any atom is 0.405 e. The fraction of sp³-hybridized carbons (Fsp3) is 0.200. The van der Waals surface area contributed by atoms with Crippen LogP contribution in [0, 0.1) is 10.1 Å². The molecule has 1 rings (SSSR count). The van der Waals surface area contributed by atoms with Crippen molar-refractivity contribution < 1.29 is 14.5 Å². The number of aromatic nitrogens is 2. The Morgan fingerprint density at radius 1 is 1.85 bits per heavy atom. The van der Waals surface area contributed by atoms with Crippen molar-refractivity contribution in [2.24, 2.45) is 5.73 Å². The maximum absolute atomic E-state index is 10.2. The second-order valence-electron chi connectivity index (χ2n) is 2.08. The normalized spacial score (nSPS) is 9.54. The molecule has 0 aliphatic heterocycles. The Morgan fingerprint density at radius 2 is 2.54 bits per heavy atom. The highest BCUT2D eigenvalue weighted by Crippen LogP contribution is 2.06. The highest BCUT2D eigenvalue weighted by Gasteiger charge is 2.10. The molecule has 0 aliphatic rings. The number of ether oxygens (including phenoxy) is 1. The fourth-order valence-electron chi connectivity index (χ4n) is 0.657. The van der Waals surface area contributed by atoms with E-state index in [1.807, 2.05) is 0 Å². The molecule has 1 aromatic rings. The Hall–Kier alpha value is -2.12. The lowest BCUT2D eigenvalue weighted by atomic mass is 10.7. The highest BCUT2D eigenvalue weighted by atomic mass is 16.6. The number of aromatic amines is 1. The zero-order valence-corrected chi connectivity index (χ0v) is 6.39. The molecule has 8 heteroatoms. The van der Waals surface area contributed by atoms with Crippen LogP contribution in [-0.2, 0) is 11.3 Å². The first kappa shape index (κ1) is 8.97. The van der Waals surface area contributed by atoms with Crippen LogP contribution in [0.3, 0.4) is 0 Å². The summed E-state index contributed by atoms with van der Waals surface area (Å²) >= 11 is 0. The van der Waals surface area contributed by atoms with E-state index in [1.54, 1.807) is 0 Å². The molecule has 1 aromatic heterocycles. The molecule has 0 radical (unpaired) electrons. The van der Waals surface area contributed by atoms with Gasteiger partial charge in [-0.1, -0.05) is 0 Å². The van der Waals surface area contributed by atoms with Gasteiger partial charge in [-0.05, 0) is 4.92 Å². The quantitative estimate of drug-likeness (QED) is 0.504. The van der Waals surface area contributed by atoms with Crippen LogP contribution in [-0.4, -0.2) is 21.0 Å². The van der Waals surface area contributed by atoms with Gasteiger partial charge in [0, 0.05) is 0 Å². The minimum Gasteiger partial charge on any atom is -0.439 e. The van der Waals surface area contributed by atoms with E-state index in [-0.39, 0.29) is 18.2 Å². The summed E-state index contributed by atoms with van der Waals surface area (Å²) in [6, 6.07) is 0. The van der Waals surface area contributed by atoms with E-state index < -0.39 is 11.0 Å². The molecule has 0 atom stereocenters. The second kappa shape index (κ2) is 3.52. The number of nitrogens with two attached hydrogens (primary N) is 1. The summed E-state index contributed by atoms with van der Waals surface area (Å²) in [6.45, 7) is -0.205. The minimum absolute atomic E-state index is 0.172. The van der Waals surface area contributed by atoms with E-state index in [9.17, 15) is 14.9 Å². The van der Waals surface area contributed by atoms with Crippen molar-refractivity contribution in [3.63, 3.8) is 0 Å². The zero-order valence-electron chi connectivity index (χ0n) is 6.39. The largest absolute Gasteiger partial charge is 0.439 e. The van der Waals surface area contributed by atoms with Gasteiger partial charge >= 0.3 is 11.9 Å². The van der Waals surface area contributed by atoms with Gasteiger partial charge in [0.15, 0.2) is 6.61 Å². The van der Waals surface area contributed by atoms with Gasteiger partial charge in [-0.15, -0.1) is 0 Å². The summed E-state index contributed by atoms with van der Waals surface area (Å²) in [6.07, 6.45) is 0.0683. The average Bonchev–Trinajstić information content (AvgIpc) is 2.48. The molecule has 1 amide bonds. The number of imidazole rings is 1. The van der Waals surface area contributed by atoms with Crippen LogP contribution in [0.15, 0.2) is 6.20 Å². The molecule has 0 aromatic carbocycles. The van der Waals surface area contributed by atoms with E-state index in [0.717, 1.165) is 6.20 Å². The van der Waals surface area contributed by atoms with Gasteiger partial charge in [-0.3, -0.25) is 0 Å². The number of hydrogen-bond acceptors (Lipinski definition) is 5. The molecule has 0 unspecified atom stereocenters. The number of rotatable bonds is 3. The number of amides is 1. The van der Waals surface area contributed by atoms with Crippen molar-refractivity contribution in [2.45, 2.75) is 6.61 Å². The number of primary amides is 1. The van der Waals surface area contributed by atoms with Crippen molar-refractivity contribution in [3.8, 4) is 0 Å². The van der Waals surface area contributed by atoms with E-state index >= 15 is 0 Å². The molecule has 8 nitrogen and oxygen atoms in total. The van der Waals surface area contributed by atoms with E-state index in [1.165, 1.54) is 0 Å².